The highest BCUT2D eigenvalue weighted by Gasteiger charge is 2.48. The number of aryl methyl sites for hydroxylation is 3. The molecule has 0 saturated carbocycles. The summed E-state index contributed by atoms with van der Waals surface area (Å²) in [5.41, 5.74) is -1.62. The molecule has 3 aromatic rings. The molecule has 0 unspecified atom stereocenters. The third kappa shape index (κ3) is 4.33. The van der Waals surface area contributed by atoms with Crippen molar-refractivity contribution in [3.05, 3.63) is 69.4 Å². The van der Waals surface area contributed by atoms with E-state index in [4.69, 9.17) is 11.6 Å². The van der Waals surface area contributed by atoms with Crippen LogP contribution in [0.15, 0.2) is 36.4 Å². The molecule has 3 rings (SSSR count). The Bertz CT molecular complexity index is 1190. The number of alkyl halides is 3. The van der Waals surface area contributed by atoms with Gasteiger partial charge in [-0.3, -0.25) is 4.98 Å². The zero-order valence-corrected chi connectivity index (χ0v) is 17.3. The molecule has 0 aliphatic heterocycles. The Hall–Kier alpha value is -2.32. The van der Waals surface area contributed by atoms with Gasteiger partial charge in [0.25, 0.3) is 0 Å². The normalized spacial score (nSPS) is 12.4. The molecular weight excluding hydrogens is 427 g/mol. The predicted octanol–water partition coefficient (Wildman–Crippen LogP) is 5.63. The first-order valence-corrected chi connectivity index (χ1v) is 10.3. The minimum absolute atomic E-state index is 0.234. The van der Waals surface area contributed by atoms with E-state index >= 15 is 0 Å². The zero-order chi connectivity index (χ0) is 21.6. The van der Waals surface area contributed by atoms with Gasteiger partial charge < -0.3 is 4.18 Å². The standard InChI is InChI=1S/C20H17ClF3NO3S/c1-11-8-17-19(18(9-11)28-29(26,27)20(22,23)24)12(2)16(13(3)25-17)10-14-4-6-15(21)7-5-14/h4-9H,10H2,1-3H3. The quantitative estimate of drug-likeness (QED) is 0.387. The van der Waals surface area contributed by atoms with E-state index in [0.717, 1.165) is 11.1 Å². The number of benzene rings is 2. The van der Waals surface area contributed by atoms with Gasteiger partial charge >= 0.3 is 15.6 Å². The van der Waals surface area contributed by atoms with E-state index < -0.39 is 15.6 Å². The van der Waals surface area contributed by atoms with Gasteiger partial charge in [0.05, 0.1) is 5.52 Å². The fourth-order valence-electron chi connectivity index (χ4n) is 3.17. The number of aromatic nitrogens is 1. The molecule has 0 aliphatic carbocycles. The van der Waals surface area contributed by atoms with Crippen LogP contribution in [0.1, 0.15) is 27.9 Å². The average molecular weight is 444 g/mol. The number of pyridine rings is 1. The lowest BCUT2D eigenvalue weighted by molar-refractivity contribution is -0.0499. The molecule has 0 saturated heterocycles. The summed E-state index contributed by atoms with van der Waals surface area (Å²) in [5.74, 6) is -0.389. The van der Waals surface area contributed by atoms with Gasteiger partial charge in [0, 0.05) is 16.1 Å². The molecule has 0 atom stereocenters. The van der Waals surface area contributed by atoms with E-state index in [1.165, 1.54) is 6.07 Å². The third-order valence-corrected chi connectivity index (χ3v) is 5.77. The first-order chi connectivity index (χ1) is 13.4. The maximum absolute atomic E-state index is 12.8. The van der Waals surface area contributed by atoms with E-state index in [9.17, 15) is 21.6 Å². The first-order valence-electron chi connectivity index (χ1n) is 8.54. The van der Waals surface area contributed by atoms with E-state index in [-0.39, 0.29) is 11.1 Å². The van der Waals surface area contributed by atoms with Crippen LogP contribution in [0.2, 0.25) is 5.02 Å². The van der Waals surface area contributed by atoms with Crippen LogP contribution in [0.25, 0.3) is 10.9 Å². The lowest BCUT2D eigenvalue weighted by atomic mass is 9.95. The molecule has 4 nitrogen and oxygen atoms in total. The van der Waals surface area contributed by atoms with Crippen molar-refractivity contribution in [1.82, 2.24) is 4.98 Å². The summed E-state index contributed by atoms with van der Waals surface area (Å²) in [6.45, 7) is 5.14. The van der Waals surface area contributed by atoms with E-state index in [1.54, 1.807) is 39.0 Å². The van der Waals surface area contributed by atoms with Crippen molar-refractivity contribution in [3.63, 3.8) is 0 Å². The highest BCUT2D eigenvalue weighted by atomic mass is 35.5. The fourth-order valence-corrected chi connectivity index (χ4v) is 3.76. The van der Waals surface area contributed by atoms with Gasteiger partial charge in [0.2, 0.25) is 0 Å². The van der Waals surface area contributed by atoms with Gasteiger partial charge in [-0.2, -0.15) is 21.6 Å². The van der Waals surface area contributed by atoms with Crippen molar-refractivity contribution >= 4 is 32.6 Å². The van der Waals surface area contributed by atoms with Crippen molar-refractivity contribution in [1.29, 1.82) is 0 Å². The van der Waals surface area contributed by atoms with Crippen molar-refractivity contribution in [2.75, 3.05) is 0 Å². The SMILES string of the molecule is Cc1cc(OS(=O)(=O)C(F)(F)F)c2c(C)c(Cc3ccc(Cl)cc3)c(C)nc2c1. The molecule has 9 heteroatoms. The Morgan fingerprint density at radius 1 is 1.07 bits per heavy atom. The fraction of sp³-hybridized carbons (Fsp3) is 0.250. The van der Waals surface area contributed by atoms with Gasteiger partial charge in [-0.1, -0.05) is 23.7 Å². The molecule has 0 radical (unpaired) electrons. The summed E-state index contributed by atoms with van der Waals surface area (Å²) in [7, 11) is -5.80. The Kier molecular flexibility index (Phi) is 5.53. The van der Waals surface area contributed by atoms with Crippen LogP contribution >= 0.6 is 11.6 Å². The molecule has 154 valence electrons. The molecule has 0 N–H and O–H groups in total. The van der Waals surface area contributed by atoms with Crippen LogP contribution in [0.5, 0.6) is 5.75 Å². The number of halogens is 4. The third-order valence-electron chi connectivity index (χ3n) is 4.56. The number of hydrogen-bond donors (Lipinski definition) is 0. The van der Waals surface area contributed by atoms with Gasteiger partial charge in [-0.05, 0) is 73.7 Å². The second-order valence-electron chi connectivity index (χ2n) is 6.74. The average Bonchev–Trinajstić information content (AvgIpc) is 2.58. The van der Waals surface area contributed by atoms with Crippen LogP contribution in [0.4, 0.5) is 13.2 Å². The molecule has 0 fully saturated rings. The Morgan fingerprint density at radius 3 is 2.28 bits per heavy atom. The number of hydrogen-bond acceptors (Lipinski definition) is 4. The molecule has 0 spiro atoms. The van der Waals surface area contributed by atoms with Crippen LogP contribution in [0, 0.1) is 20.8 Å². The van der Waals surface area contributed by atoms with E-state index in [1.807, 2.05) is 12.1 Å². The summed E-state index contributed by atoms with van der Waals surface area (Å²) in [6, 6.07) is 10.1. The maximum atomic E-state index is 12.8. The first kappa shape index (κ1) is 21.4. The molecule has 0 bridgehead atoms. The molecular formula is C20H17ClF3NO3S. The Labute approximate surface area is 171 Å². The van der Waals surface area contributed by atoms with Gasteiger partial charge in [0.1, 0.15) is 0 Å². The molecule has 0 aliphatic rings. The Morgan fingerprint density at radius 2 is 1.69 bits per heavy atom. The van der Waals surface area contributed by atoms with E-state index in [2.05, 4.69) is 9.17 Å². The van der Waals surface area contributed by atoms with Crippen LogP contribution in [-0.4, -0.2) is 18.9 Å². The molecule has 2 aromatic carbocycles. The summed E-state index contributed by atoms with van der Waals surface area (Å²) in [5, 5.41) is 0.820. The highest BCUT2D eigenvalue weighted by Crippen LogP contribution is 2.36. The minimum atomic E-state index is -5.80. The lowest BCUT2D eigenvalue weighted by Gasteiger charge is -2.17. The zero-order valence-electron chi connectivity index (χ0n) is 15.8. The molecule has 1 heterocycles. The maximum Gasteiger partial charge on any atom is 0.534 e. The largest absolute Gasteiger partial charge is 0.534 e. The van der Waals surface area contributed by atoms with Gasteiger partial charge in [0.15, 0.2) is 5.75 Å². The van der Waals surface area contributed by atoms with E-state index in [0.29, 0.717) is 33.8 Å². The smallest absolute Gasteiger partial charge is 0.375 e. The van der Waals surface area contributed by atoms with Crippen LogP contribution < -0.4 is 4.18 Å². The predicted molar refractivity (Wildman–Crippen MR) is 106 cm³/mol. The topological polar surface area (TPSA) is 56.3 Å². The van der Waals surface area contributed by atoms with Gasteiger partial charge in [-0.15, -0.1) is 0 Å². The van der Waals surface area contributed by atoms with Gasteiger partial charge in [-0.25, -0.2) is 0 Å². The van der Waals surface area contributed by atoms with Crippen molar-refractivity contribution in [2.45, 2.75) is 32.7 Å². The second kappa shape index (κ2) is 7.50. The van der Waals surface area contributed by atoms with Crippen LogP contribution in [0.3, 0.4) is 0 Å². The summed E-state index contributed by atoms with van der Waals surface area (Å²) in [6.07, 6.45) is 0.455. The monoisotopic (exact) mass is 443 g/mol. The summed E-state index contributed by atoms with van der Waals surface area (Å²) >= 11 is 5.91. The lowest BCUT2D eigenvalue weighted by Crippen LogP contribution is -2.28. The number of nitrogens with zero attached hydrogens (tertiary/aromatic N) is 1. The number of fused-ring (bicyclic) bond motifs is 1. The Balaban J connectivity index is 2.19. The number of rotatable bonds is 4. The van der Waals surface area contributed by atoms with Crippen molar-refractivity contribution in [3.8, 4) is 5.75 Å². The second-order valence-corrected chi connectivity index (χ2v) is 8.72. The minimum Gasteiger partial charge on any atom is -0.375 e. The summed E-state index contributed by atoms with van der Waals surface area (Å²) in [4.78, 5) is 4.48. The molecule has 0 amide bonds. The van der Waals surface area contributed by atoms with Crippen molar-refractivity contribution < 1.29 is 25.8 Å². The van der Waals surface area contributed by atoms with Crippen LogP contribution in [-0.2, 0) is 16.5 Å². The highest BCUT2D eigenvalue weighted by molar-refractivity contribution is 7.88. The molecule has 29 heavy (non-hydrogen) atoms. The molecule has 1 aromatic heterocycles. The summed E-state index contributed by atoms with van der Waals surface area (Å²) < 4.78 is 66.2. The van der Waals surface area contributed by atoms with Crippen molar-refractivity contribution in [2.24, 2.45) is 0 Å².